The Labute approximate surface area is 246 Å². The van der Waals surface area contributed by atoms with Crippen molar-refractivity contribution >= 4 is 29.1 Å². The van der Waals surface area contributed by atoms with E-state index in [-0.39, 0.29) is 43.3 Å². The monoisotopic (exact) mass is 588 g/mol. The largest absolute Gasteiger partial charge is 0.508 e. The molecule has 2 amide bonds. The first kappa shape index (κ1) is 28.8. The zero-order valence-corrected chi connectivity index (χ0v) is 23.7. The number of ether oxygens (including phenoxy) is 1. The Morgan fingerprint density at radius 2 is 1.79 bits per heavy atom. The third-order valence-corrected chi connectivity index (χ3v) is 7.13. The number of phenols is 1. The fourth-order valence-corrected chi connectivity index (χ4v) is 4.87. The van der Waals surface area contributed by atoms with E-state index in [2.05, 4.69) is 20.8 Å². The molecule has 4 N–H and O–H groups in total. The topological polar surface area (TPSA) is 151 Å². The lowest BCUT2D eigenvalue weighted by molar-refractivity contribution is -0.121. The van der Waals surface area contributed by atoms with E-state index in [4.69, 9.17) is 21.3 Å². The third-order valence-electron chi connectivity index (χ3n) is 6.88. The number of fused-ring (bicyclic) bond motifs is 3. The lowest BCUT2D eigenvalue weighted by Crippen LogP contribution is -2.35. The van der Waals surface area contributed by atoms with Gasteiger partial charge in [0.1, 0.15) is 23.4 Å². The first-order valence-electron chi connectivity index (χ1n) is 13.2. The van der Waals surface area contributed by atoms with E-state index >= 15 is 0 Å². The van der Waals surface area contributed by atoms with Crippen LogP contribution in [0.15, 0.2) is 65.7 Å². The van der Waals surface area contributed by atoms with Gasteiger partial charge in [-0.1, -0.05) is 29.8 Å². The lowest BCUT2D eigenvalue weighted by atomic mass is 10.00. The minimum absolute atomic E-state index is 0.00914. The summed E-state index contributed by atoms with van der Waals surface area (Å²) in [5, 5.41) is 33.9. The molecule has 2 heterocycles. The predicted octanol–water partition coefficient (Wildman–Crippen LogP) is 3.26. The highest BCUT2D eigenvalue weighted by atomic mass is 35.5. The Morgan fingerprint density at radius 3 is 2.50 bits per heavy atom. The van der Waals surface area contributed by atoms with Crippen LogP contribution in [0.2, 0.25) is 5.02 Å². The Hall–Kier alpha value is -4.74. The van der Waals surface area contributed by atoms with E-state index in [1.165, 1.54) is 18.2 Å². The number of amides is 2. The van der Waals surface area contributed by atoms with Crippen LogP contribution in [0.3, 0.4) is 0 Å². The Balaban J connectivity index is 1.34. The summed E-state index contributed by atoms with van der Waals surface area (Å²) >= 11 is 6.16. The van der Waals surface area contributed by atoms with Gasteiger partial charge >= 0.3 is 0 Å². The Bertz CT molecular complexity index is 1670. The van der Waals surface area contributed by atoms with Crippen molar-refractivity contribution in [2.45, 2.75) is 26.0 Å². The molecule has 0 saturated heterocycles. The van der Waals surface area contributed by atoms with Crippen molar-refractivity contribution in [1.82, 2.24) is 25.4 Å². The van der Waals surface area contributed by atoms with E-state index in [1.807, 2.05) is 41.8 Å². The molecule has 0 fully saturated rings. The standard InChI is InChI=1S/C30H29ClN6O5/c1-17-35-36-29-24(15-27(40)32-11-12-33-30(41)19-3-4-20(16-38)26(39)13-19)34-28(18-5-7-21(31)8-6-18)23-14-22(42-2)9-10-25(23)37(17)29/h3-10,13-14,24,38-39H,11-12,15-16H2,1-2H3,(H,32,40)(H,33,41). The zero-order valence-electron chi connectivity index (χ0n) is 23.0. The highest BCUT2D eigenvalue weighted by Gasteiger charge is 2.30. The van der Waals surface area contributed by atoms with Crippen molar-refractivity contribution in [2.75, 3.05) is 20.2 Å². The van der Waals surface area contributed by atoms with Gasteiger partial charge in [-0.15, -0.1) is 10.2 Å². The number of aliphatic imine (C=N–C) groups is 1. The normalized spacial score (nSPS) is 13.8. The molecular weight excluding hydrogens is 560 g/mol. The number of nitrogens with zero attached hydrogens (tertiary/aromatic N) is 4. The molecular formula is C30H29ClN6O5. The number of hydrogen-bond donors (Lipinski definition) is 4. The van der Waals surface area contributed by atoms with Crippen LogP contribution in [-0.2, 0) is 11.4 Å². The van der Waals surface area contributed by atoms with Crippen molar-refractivity contribution in [3.05, 3.63) is 99.6 Å². The van der Waals surface area contributed by atoms with Crippen molar-refractivity contribution < 1.29 is 24.5 Å². The number of benzene rings is 3. The molecule has 5 rings (SSSR count). The summed E-state index contributed by atoms with van der Waals surface area (Å²) in [6.07, 6.45) is -0.00914. The second kappa shape index (κ2) is 12.4. The molecule has 4 aromatic rings. The van der Waals surface area contributed by atoms with Gasteiger partial charge in [0.15, 0.2) is 5.82 Å². The molecule has 216 valence electrons. The number of methoxy groups -OCH3 is 1. The van der Waals surface area contributed by atoms with Gasteiger partial charge in [0.2, 0.25) is 5.91 Å². The van der Waals surface area contributed by atoms with Gasteiger partial charge in [-0.05, 0) is 49.4 Å². The van der Waals surface area contributed by atoms with Crippen molar-refractivity contribution in [3.63, 3.8) is 0 Å². The molecule has 0 bridgehead atoms. The van der Waals surface area contributed by atoms with Crippen molar-refractivity contribution in [3.8, 4) is 17.2 Å². The molecule has 11 nitrogen and oxygen atoms in total. The van der Waals surface area contributed by atoms with Gasteiger partial charge in [-0.25, -0.2) is 0 Å². The number of rotatable bonds is 9. The van der Waals surface area contributed by atoms with Crippen LogP contribution in [0.1, 0.15) is 51.2 Å². The highest BCUT2D eigenvalue weighted by molar-refractivity contribution is 6.30. The van der Waals surface area contributed by atoms with Gasteiger partial charge in [0.25, 0.3) is 5.91 Å². The number of aromatic hydroxyl groups is 1. The number of aliphatic hydroxyl groups excluding tert-OH is 1. The quantitative estimate of drug-likeness (QED) is 0.219. The fourth-order valence-electron chi connectivity index (χ4n) is 4.74. The molecule has 42 heavy (non-hydrogen) atoms. The second-order valence-corrected chi connectivity index (χ2v) is 10.1. The first-order valence-corrected chi connectivity index (χ1v) is 13.6. The van der Waals surface area contributed by atoms with Gasteiger partial charge in [-0.3, -0.25) is 19.1 Å². The predicted molar refractivity (Wildman–Crippen MR) is 156 cm³/mol. The summed E-state index contributed by atoms with van der Waals surface area (Å²) in [7, 11) is 1.60. The van der Waals surface area contributed by atoms with Crippen LogP contribution in [0.4, 0.5) is 0 Å². The molecule has 1 unspecified atom stereocenters. The molecule has 1 aliphatic rings. The molecule has 0 spiro atoms. The SMILES string of the molecule is COc1ccc2c(c1)C(c1ccc(Cl)cc1)=NC(CC(=O)NCCNC(=O)c1ccc(CO)c(O)c1)c1nnc(C)n1-2. The minimum atomic E-state index is -0.655. The number of halogens is 1. The summed E-state index contributed by atoms with van der Waals surface area (Å²) in [4.78, 5) is 30.5. The maximum Gasteiger partial charge on any atom is 0.251 e. The molecule has 0 aliphatic carbocycles. The van der Waals surface area contributed by atoms with Crippen LogP contribution in [-0.4, -0.2) is 62.7 Å². The van der Waals surface area contributed by atoms with Gasteiger partial charge in [-0.2, -0.15) is 0 Å². The summed E-state index contributed by atoms with van der Waals surface area (Å²) in [6.45, 7) is 1.85. The van der Waals surface area contributed by atoms with Crippen LogP contribution in [0.25, 0.3) is 5.69 Å². The molecule has 1 aromatic heterocycles. The summed E-state index contributed by atoms with van der Waals surface area (Å²) < 4.78 is 7.40. The first-order chi connectivity index (χ1) is 20.3. The maximum atomic E-state index is 13.1. The van der Waals surface area contributed by atoms with Crippen LogP contribution in [0.5, 0.6) is 11.5 Å². The van der Waals surface area contributed by atoms with E-state index in [0.29, 0.717) is 33.7 Å². The summed E-state index contributed by atoms with van der Waals surface area (Å²) in [5.74, 6) is 0.966. The number of carbonyl (C=O) groups excluding carboxylic acids is 2. The average molecular weight is 589 g/mol. The zero-order chi connectivity index (χ0) is 29.8. The number of aryl methyl sites for hydroxylation is 1. The van der Waals surface area contributed by atoms with E-state index in [9.17, 15) is 19.8 Å². The minimum Gasteiger partial charge on any atom is -0.508 e. The number of aliphatic hydroxyl groups is 1. The second-order valence-electron chi connectivity index (χ2n) is 9.64. The van der Waals surface area contributed by atoms with Gasteiger partial charge in [0.05, 0.1) is 31.5 Å². The molecule has 1 atom stereocenters. The number of aromatic nitrogens is 3. The molecule has 0 radical (unpaired) electrons. The van der Waals surface area contributed by atoms with Gasteiger partial charge in [0, 0.05) is 40.4 Å². The fraction of sp³-hybridized carbons (Fsp3) is 0.233. The number of hydrogen-bond acceptors (Lipinski definition) is 8. The number of carbonyl (C=O) groups is 2. The molecule has 0 saturated carbocycles. The highest BCUT2D eigenvalue weighted by Crippen LogP contribution is 2.34. The average Bonchev–Trinajstić information content (AvgIpc) is 3.32. The van der Waals surface area contributed by atoms with E-state index in [1.54, 1.807) is 19.2 Å². The molecule has 1 aliphatic heterocycles. The van der Waals surface area contributed by atoms with Crippen LogP contribution >= 0.6 is 11.6 Å². The Morgan fingerprint density at radius 1 is 1.02 bits per heavy atom. The van der Waals surface area contributed by atoms with Crippen LogP contribution in [0, 0.1) is 6.92 Å². The third kappa shape index (κ3) is 5.97. The molecule has 12 heteroatoms. The molecule has 3 aromatic carbocycles. The summed E-state index contributed by atoms with van der Waals surface area (Å²) in [5.41, 5.74) is 3.65. The van der Waals surface area contributed by atoms with Crippen LogP contribution < -0.4 is 15.4 Å². The van der Waals surface area contributed by atoms with Crippen molar-refractivity contribution in [2.24, 2.45) is 4.99 Å². The lowest BCUT2D eigenvalue weighted by Gasteiger charge is -2.14. The number of nitrogens with one attached hydrogen (secondary N) is 2. The Kier molecular flexibility index (Phi) is 8.51. The van der Waals surface area contributed by atoms with Crippen molar-refractivity contribution in [1.29, 1.82) is 0 Å². The summed E-state index contributed by atoms with van der Waals surface area (Å²) in [6, 6.07) is 16.6. The van der Waals surface area contributed by atoms with E-state index < -0.39 is 11.9 Å². The van der Waals surface area contributed by atoms with E-state index in [0.717, 1.165) is 16.8 Å². The van der Waals surface area contributed by atoms with Gasteiger partial charge < -0.3 is 25.6 Å². The smallest absolute Gasteiger partial charge is 0.251 e. The maximum absolute atomic E-state index is 13.1.